The number of β-amino-alcohol motifs (C(OH)–C–C–N with tert-alkyl or cyclic N) is 1. The van der Waals surface area contributed by atoms with Crippen molar-refractivity contribution in [3.63, 3.8) is 0 Å². The summed E-state index contributed by atoms with van der Waals surface area (Å²) in [5, 5.41) is 8.95. The van der Waals surface area contributed by atoms with Crippen molar-refractivity contribution in [2.45, 2.75) is 10.1 Å². The second-order valence-corrected chi connectivity index (χ2v) is 8.57. The number of rotatable bonds is 3. The molecule has 1 aliphatic rings. The van der Waals surface area contributed by atoms with Crippen LogP contribution in [0.3, 0.4) is 0 Å². The summed E-state index contributed by atoms with van der Waals surface area (Å²) in [6.45, 7) is 0.0464. The molecule has 0 fully saturated rings. The number of aliphatic imine (C=N–C) groups is 1. The molecule has 1 N–H and O–H groups in total. The molecule has 5 nitrogen and oxygen atoms in total. The van der Waals surface area contributed by atoms with Crippen molar-refractivity contribution in [1.82, 2.24) is 0 Å². The van der Waals surface area contributed by atoms with E-state index in [2.05, 4.69) is 4.99 Å². The van der Waals surface area contributed by atoms with Gasteiger partial charge in [0.05, 0.1) is 11.4 Å². The normalized spacial score (nSPS) is 21.0. The van der Waals surface area contributed by atoms with E-state index in [0.29, 0.717) is 16.5 Å². The fraction of sp³-hybridized carbons (Fsp3) is 0.188. The lowest BCUT2D eigenvalue weighted by Crippen LogP contribution is -2.32. The molecule has 3 rings (SSSR count). The Kier molecular flexibility index (Phi) is 4.34. The molecule has 2 aromatic carbocycles. The van der Waals surface area contributed by atoms with E-state index in [9.17, 15) is 13.5 Å². The zero-order valence-corrected chi connectivity index (χ0v) is 15.0. The number of anilines is 1. The molecule has 1 heterocycles. The Bertz CT molecular complexity index is 892. The van der Waals surface area contributed by atoms with Crippen molar-refractivity contribution in [3.8, 4) is 0 Å². The van der Waals surface area contributed by atoms with Crippen LogP contribution >= 0.6 is 23.2 Å². The fourth-order valence-corrected chi connectivity index (χ4v) is 3.40. The molecule has 1 aliphatic heterocycles. The minimum absolute atomic E-state index is 0.0464. The lowest BCUT2D eigenvalue weighted by molar-refractivity contribution is 0.157. The third kappa shape index (κ3) is 3.57. The summed E-state index contributed by atoms with van der Waals surface area (Å²) in [6, 6.07) is 13.3. The molecule has 0 saturated carbocycles. The second kappa shape index (κ2) is 6.04. The van der Waals surface area contributed by atoms with E-state index in [1.54, 1.807) is 41.3 Å². The van der Waals surface area contributed by atoms with Crippen LogP contribution in [0, 0.1) is 0 Å². The lowest BCUT2D eigenvalue weighted by Gasteiger charge is -2.22. The van der Waals surface area contributed by atoms with Gasteiger partial charge in [0.15, 0.2) is 9.84 Å². The molecule has 0 saturated heterocycles. The number of benzene rings is 2. The summed E-state index contributed by atoms with van der Waals surface area (Å²) < 4.78 is 23.2. The highest BCUT2D eigenvalue weighted by Crippen LogP contribution is 2.31. The minimum Gasteiger partial charge on any atom is -0.356 e. The van der Waals surface area contributed by atoms with E-state index in [1.165, 1.54) is 12.1 Å². The maximum Gasteiger partial charge on any atom is 0.254 e. The molecular formula is C16H14Cl2N2O3S. The number of amidine groups is 1. The molecular weight excluding hydrogens is 371 g/mol. The molecule has 24 heavy (non-hydrogen) atoms. The van der Waals surface area contributed by atoms with E-state index < -0.39 is 15.0 Å². The Labute approximate surface area is 150 Å². The zero-order valence-electron chi connectivity index (χ0n) is 12.6. The Morgan fingerprint density at radius 2 is 1.71 bits per heavy atom. The maximum atomic E-state index is 11.6. The number of sulfone groups is 1. The number of alkyl halides is 1. The SMILES string of the molecule is CS(=O)(=O)c1ccc(N2CC(O)(Cl)N=C2c2ccc(Cl)cc2)cc1. The van der Waals surface area contributed by atoms with Gasteiger partial charge < -0.3 is 10.0 Å². The first-order valence-corrected chi connectivity index (χ1v) is 9.65. The molecule has 1 unspecified atom stereocenters. The van der Waals surface area contributed by atoms with Gasteiger partial charge in [0.2, 0.25) is 0 Å². The summed E-state index contributed by atoms with van der Waals surface area (Å²) in [5.74, 6) is 0.483. The zero-order chi connectivity index (χ0) is 17.5. The number of hydrogen-bond donors (Lipinski definition) is 1. The highest BCUT2D eigenvalue weighted by molar-refractivity contribution is 7.90. The predicted molar refractivity (Wildman–Crippen MR) is 95.7 cm³/mol. The Hall–Kier alpha value is -1.60. The van der Waals surface area contributed by atoms with E-state index >= 15 is 0 Å². The van der Waals surface area contributed by atoms with Gasteiger partial charge in [0.25, 0.3) is 5.18 Å². The van der Waals surface area contributed by atoms with Crippen LogP contribution in [0.25, 0.3) is 0 Å². The van der Waals surface area contributed by atoms with Crippen LogP contribution in [0.1, 0.15) is 5.56 Å². The third-order valence-corrected chi connectivity index (χ3v) is 5.16. The average Bonchev–Trinajstić information content (AvgIpc) is 2.83. The van der Waals surface area contributed by atoms with Gasteiger partial charge in [-0.3, -0.25) is 0 Å². The monoisotopic (exact) mass is 384 g/mol. The molecule has 0 amide bonds. The van der Waals surface area contributed by atoms with Crippen molar-refractivity contribution in [2.75, 3.05) is 17.7 Å². The summed E-state index contributed by atoms with van der Waals surface area (Å²) in [7, 11) is -3.28. The molecule has 1 atom stereocenters. The predicted octanol–water partition coefficient (Wildman–Crippen LogP) is 2.90. The van der Waals surface area contributed by atoms with E-state index in [-0.39, 0.29) is 11.4 Å². The largest absolute Gasteiger partial charge is 0.356 e. The van der Waals surface area contributed by atoms with Crippen LogP contribution in [0.2, 0.25) is 5.02 Å². The fourth-order valence-electron chi connectivity index (χ4n) is 2.44. The van der Waals surface area contributed by atoms with Gasteiger partial charge >= 0.3 is 0 Å². The minimum atomic E-state index is -3.28. The van der Waals surface area contributed by atoms with Gasteiger partial charge in [-0.15, -0.1) is 0 Å². The topological polar surface area (TPSA) is 70.0 Å². The first-order chi connectivity index (χ1) is 11.2. The maximum absolute atomic E-state index is 11.6. The van der Waals surface area contributed by atoms with E-state index in [0.717, 1.165) is 11.8 Å². The van der Waals surface area contributed by atoms with Crippen LogP contribution in [0.15, 0.2) is 58.4 Å². The van der Waals surface area contributed by atoms with Crippen molar-refractivity contribution < 1.29 is 13.5 Å². The number of hydrogen-bond acceptors (Lipinski definition) is 5. The van der Waals surface area contributed by atoms with Crippen molar-refractivity contribution in [1.29, 1.82) is 0 Å². The summed E-state index contributed by atoms with van der Waals surface area (Å²) >= 11 is 11.9. The first-order valence-electron chi connectivity index (χ1n) is 7.00. The van der Waals surface area contributed by atoms with Crippen molar-refractivity contribution in [3.05, 3.63) is 59.1 Å². The molecule has 0 spiro atoms. The van der Waals surface area contributed by atoms with Crippen molar-refractivity contribution >= 4 is 44.6 Å². The second-order valence-electron chi connectivity index (χ2n) is 5.51. The Morgan fingerprint density at radius 3 is 2.25 bits per heavy atom. The smallest absolute Gasteiger partial charge is 0.254 e. The summed E-state index contributed by atoms with van der Waals surface area (Å²) in [4.78, 5) is 6.10. The van der Waals surface area contributed by atoms with E-state index in [4.69, 9.17) is 23.2 Å². The molecule has 126 valence electrons. The van der Waals surface area contributed by atoms with Gasteiger partial charge in [0.1, 0.15) is 5.84 Å². The Balaban J connectivity index is 2.00. The van der Waals surface area contributed by atoms with Crippen LogP contribution in [0.4, 0.5) is 5.69 Å². The summed E-state index contributed by atoms with van der Waals surface area (Å²) in [6.07, 6.45) is 1.15. The van der Waals surface area contributed by atoms with E-state index in [1.807, 2.05) is 0 Å². The summed E-state index contributed by atoms with van der Waals surface area (Å²) in [5.41, 5.74) is 1.41. The van der Waals surface area contributed by atoms with Gasteiger partial charge in [-0.2, -0.15) is 0 Å². The standard InChI is InChI=1S/C16H14Cl2N2O3S/c1-24(22,23)14-8-6-13(7-9-14)20-10-16(18,21)19-15(20)11-2-4-12(17)5-3-11/h2-9,21H,10H2,1H3. The highest BCUT2D eigenvalue weighted by Gasteiger charge is 2.37. The molecule has 0 aliphatic carbocycles. The molecule has 0 bridgehead atoms. The third-order valence-electron chi connectivity index (χ3n) is 3.57. The quantitative estimate of drug-likeness (QED) is 0.652. The molecule has 0 aromatic heterocycles. The van der Waals surface area contributed by atoms with Crippen LogP contribution in [0.5, 0.6) is 0 Å². The molecule has 0 radical (unpaired) electrons. The van der Waals surface area contributed by atoms with Crippen LogP contribution in [-0.4, -0.2) is 37.3 Å². The number of aliphatic hydroxyl groups is 1. The first kappa shape index (κ1) is 17.2. The van der Waals surface area contributed by atoms with Crippen molar-refractivity contribution in [2.24, 2.45) is 4.99 Å². The number of halogens is 2. The number of nitrogens with zero attached hydrogens (tertiary/aromatic N) is 2. The van der Waals surface area contributed by atoms with Gasteiger partial charge in [0, 0.05) is 22.5 Å². The molecule has 2 aromatic rings. The van der Waals surface area contributed by atoms with Gasteiger partial charge in [-0.05, 0) is 48.5 Å². The Morgan fingerprint density at radius 1 is 1.12 bits per heavy atom. The van der Waals surface area contributed by atoms with Gasteiger partial charge in [-0.1, -0.05) is 23.2 Å². The average molecular weight is 385 g/mol. The van der Waals surface area contributed by atoms with Gasteiger partial charge in [-0.25, -0.2) is 13.4 Å². The highest BCUT2D eigenvalue weighted by atomic mass is 35.5. The van der Waals surface area contributed by atoms with Crippen LogP contribution in [-0.2, 0) is 9.84 Å². The molecule has 8 heteroatoms. The lowest BCUT2D eigenvalue weighted by atomic mass is 10.2. The van der Waals surface area contributed by atoms with Crippen LogP contribution < -0.4 is 4.90 Å².